The lowest BCUT2D eigenvalue weighted by Crippen LogP contribution is -2.37. The zero-order valence-corrected chi connectivity index (χ0v) is 16.7. The number of rotatable bonds is 4. The summed E-state index contributed by atoms with van der Waals surface area (Å²) in [5.41, 5.74) is 4.12. The van der Waals surface area contributed by atoms with Crippen LogP contribution < -0.4 is 4.74 Å². The van der Waals surface area contributed by atoms with E-state index in [9.17, 15) is 9.18 Å². The van der Waals surface area contributed by atoms with Crippen molar-refractivity contribution in [1.82, 2.24) is 9.88 Å². The molecule has 0 unspecified atom stereocenters. The van der Waals surface area contributed by atoms with E-state index in [2.05, 4.69) is 17.2 Å². The lowest BCUT2D eigenvalue weighted by atomic mass is 9.89. The highest BCUT2D eigenvalue weighted by atomic mass is 19.1. The van der Waals surface area contributed by atoms with Gasteiger partial charge >= 0.3 is 0 Å². The lowest BCUT2D eigenvalue weighted by Gasteiger charge is -2.31. The predicted molar refractivity (Wildman–Crippen MR) is 113 cm³/mol. The van der Waals surface area contributed by atoms with Crippen LogP contribution in [0.25, 0.3) is 16.5 Å². The zero-order chi connectivity index (χ0) is 20.4. The van der Waals surface area contributed by atoms with Crippen LogP contribution in [0.1, 0.15) is 36.8 Å². The van der Waals surface area contributed by atoms with E-state index in [0.29, 0.717) is 5.92 Å². The zero-order valence-electron chi connectivity index (χ0n) is 16.7. The summed E-state index contributed by atoms with van der Waals surface area (Å²) in [6.07, 6.45) is 5.60. The molecule has 4 rings (SSSR count). The molecule has 1 amide bonds. The number of H-pyrrole nitrogens is 1. The molecule has 0 radical (unpaired) electrons. The van der Waals surface area contributed by atoms with Crippen molar-refractivity contribution < 1.29 is 13.9 Å². The summed E-state index contributed by atoms with van der Waals surface area (Å²) in [5.74, 6) is 1.02. The third-order valence-electron chi connectivity index (χ3n) is 5.81. The quantitative estimate of drug-likeness (QED) is 0.626. The van der Waals surface area contributed by atoms with Crippen LogP contribution >= 0.6 is 0 Å². The predicted octanol–water partition coefficient (Wildman–Crippen LogP) is 5.13. The van der Waals surface area contributed by atoms with Gasteiger partial charge in [0.05, 0.1) is 7.11 Å². The number of halogens is 1. The first kappa shape index (κ1) is 19.2. The van der Waals surface area contributed by atoms with Gasteiger partial charge in [0.15, 0.2) is 0 Å². The molecule has 1 aliphatic rings. The Balaban J connectivity index is 1.43. The third kappa shape index (κ3) is 4.04. The van der Waals surface area contributed by atoms with E-state index in [1.54, 1.807) is 25.3 Å². The summed E-state index contributed by atoms with van der Waals surface area (Å²) < 4.78 is 18.5. The van der Waals surface area contributed by atoms with Crippen LogP contribution in [-0.4, -0.2) is 36.0 Å². The van der Waals surface area contributed by atoms with Gasteiger partial charge in [-0.3, -0.25) is 4.79 Å². The fourth-order valence-corrected chi connectivity index (χ4v) is 4.07. The van der Waals surface area contributed by atoms with Crippen molar-refractivity contribution in [2.75, 3.05) is 20.2 Å². The normalized spacial score (nSPS) is 15.7. The molecule has 2 aromatic carbocycles. The van der Waals surface area contributed by atoms with Crippen molar-refractivity contribution >= 4 is 22.4 Å². The van der Waals surface area contributed by atoms with E-state index in [1.165, 1.54) is 23.1 Å². The van der Waals surface area contributed by atoms with Crippen LogP contribution in [0.4, 0.5) is 4.39 Å². The number of allylic oxidation sites excluding steroid dienone is 1. The number of benzene rings is 2. The third-order valence-corrected chi connectivity index (χ3v) is 5.81. The smallest absolute Gasteiger partial charge is 0.246 e. The number of carbonyl (C=O) groups is 1. The second-order valence-electron chi connectivity index (χ2n) is 7.59. The van der Waals surface area contributed by atoms with Gasteiger partial charge in [0.2, 0.25) is 5.91 Å². The molecule has 29 heavy (non-hydrogen) atoms. The molecule has 1 saturated heterocycles. The SMILES string of the molecule is COc1ccc2[nH]cc(C3CCN(C(=O)/C=C(/C)c4ccc(F)cc4)CC3)c2c1. The van der Waals surface area contributed by atoms with Crippen molar-refractivity contribution in [3.63, 3.8) is 0 Å². The van der Waals surface area contributed by atoms with Crippen LogP contribution in [0.5, 0.6) is 5.75 Å². The number of aromatic nitrogens is 1. The van der Waals surface area contributed by atoms with Gasteiger partial charge in [-0.05, 0) is 72.7 Å². The molecule has 0 atom stereocenters. The highest BCUT2D eigenvalue weighted by Crippen LogP contribution is 2.34. The van der Waals surface area contributed by atoms with Crippen LogP contribution in [0.2, 0.25) is 0 Å². The molecule has 3 aromatic rings. The Hall–Kier alpha value is -3.08. The molecule has 1 aromatic heterocycles. The summed E-state index contributed by atoms with van der Waals surface area (Å²) in [6.45, 7) is 3.35. The Bertz CT molecular complexity index is 1040. The number of hydrogen-bond acceptors (Lipinski definition) is 2. The molecule has 1 aliphatic heterocycles. The van der Waals surface area contributed by atoms with Crippen molar-refractivity contribution in [3.8, 4) is 5.75 Å². The number of likely N-dealkylation sites (tertiary alicyclic amines) is 1. The number of ether oxygens (including phenoxy) is 1. The number of nitrogens with zero attached hydrogens (tertiary/aromatic N) is 1. The van der Waals surface area contributed by atoms with E-state index < -0.39 is 0 Å². The molecular formula is C24H25FN2O2. The molecule has 1 fully saturated rings. The van der Waals surface area contributed by atoms with Gasteiger partial charge < -0.3 is 14.6 Å². The Labute approximate surface area is 170 Å². The maximum atomic E-state index is 13.1. The molecule has 4 nitrogen and oxygen atoms in total. The second-order valence-corrected chi connectivity index (χ2v) is 7.59. The molecular weight excluding hydrogens is 367 g/mol. The van der Waals surface area contributed by atoms with Gasteiger partial charge in [-0.1, -0.05) is 12.1 Å². The molecule has 150 valence electrons. The van der Waals surface area contributed by atoms with Crippen LogP contribution in [-0.2, 0) is 4.79 Å². The number of piperidine rings is 1. The van der Waals surface area contributed by atoms with Crippen molar-refractivity contribution in [2.24, 2.45) is 0 Å². The summed E-state index contributed by atoms with van der Waals surface area (Å²) >= 11 is 0. The summed E-state index contributed by atoms with van der Waals surface area (Å²) in [7, 11) is 1.68. The van der Waals surface area contributed by atoms with Gasteiger partial charge in [0.25, 0.3) is 0 Å². The lowest BCUT2D eigenvalue weighted by molar-refractivity contribution is -0.127. The first-order valence-corrected chi connectivity index (χ1v) is 9.93. The minimum absolute atomic E-state index is 0.0193. The number of hydrogen-bond donors (Lipinski definition) is 1. The van der Waals surface area contributed by atoms with Crippen molar-refractivity contribution in [3.05, 3.63) is 71.7 Å². The largest absolute Gasteiger partial charge is 0.497 e. The molecule has 0 saturated carbocycles. The Morgan fingerprint density at radius 1 is 1.17 bits per heavy atom. The maximum Gasteiger partial charge on any atom is 0.246 e. The average Bonchev–Trinajstić information content (AvgIpc) is 3.17. The van der Waals surface area contributed by atoms with Gasteiger partial charge in [0, 0.05) is 36.3 Å². The topological polar surface area (TPSA) is 45.3 Å². The number of amides is 1. The van der Waals surface area contributed by atoms with Gasteiger partial charge in [-0.15, -0.1) is 0 Å². The first-order chi connectivity index (χ1) is 14.0. The minimum atomic E-state index is -0.273. The monoisotopic (exact) mass is 392 g/mol. The van der Waals surface area contributed by atoms with Crippen molar-refractivity contribution in [2.45, 2.75) is 25.7 Å². The standard InChI is InChI=1S/C24H25FN2O2/c1-16(17-3-5-19(25)6-4-17)13-24(28)27-11-9-18(10-12-27)22-15-26-23-8-7-20(29-2)14-21(22)23/h3-8,13-15,18,26H,9-12H2,1-2H3/b16-13-. The van der Waals surface area contributed by atoms with E-state index in [-0.39, 0.29) is 11.7 Å². The van der Waals surface area contributed by atoms with E-state index in [0.717, 1.165) is 48.3 Å². The van der Waals surface area contributed by atoms with E-state index in [1.807, 2.05) is 24.0 Å². The number of aromatic amines is 1. The molecule has 5 heteroatoms. The Morgan fingerprint density at radius 2 is 1.90 bits per heavy atom. The van der Waals surface area contributed by atoms with Crippen LogP contribution in [0, 0.1) is 5.82 Å². The van der Waals surface area contributed by atoms with E-state index in [4.69, 9.17) is 4.74 Å². The van der Waals surface area contributed by atoms with Crippen LogP contribution in [0.15, 0.2) is 54.7 Å². The summed E-state index contributed by atoms with van der Waals surface area (Å²) in [5, 5.41) is 1.20. The fourth-order valence-electron chi connectivity index (χ4n) is 4.07. The summed E-state index contributed by atoms with van der Waals surface area (Å²) in [6, 6.07) is 12.3. The second kappa shape index (κ2) is 8.11. The fraction of sp³-hybridized carbons (Fsp3) is 0.292. The molecule has 0 spiro atoms. The molecule has 2 heterocycles. The molecule has 0 bridgehead atoms. The number of methoxy groups -OCH3 is 1. The van der Waals surface area contributed by atoms with Crippen molar-refractivity contribution in [1.29, 1.82) is 0 Å². The average molecular weight is 392 g/mol. The number of nitrogens with one attached hydrogen (secondary N) is 1. The Kier molecular flexibility index (Phi) is 5.38. The Morgan fingerprint density at radius 3 is 2.59 bits per heavy atom. The number of fused-ring (bicyclic) bond motifs is 1. The van der Waals surface area contributed by atoms with E-state index >= 15 is 0 Å². The maximum absolute atomic E-state index is 13.1. The minimum Gasteiger partial charge on any atom is -0.497 e. The van der Waals surface area contributed by atoms with Gasteiger partial charge in [0.1, 0.15) is 11.6 Å². The van der Waals surface area contributed by atoms with Crippen LogP contribution in [0.3, 0.4) is 0 Å². The first-order valence-electron chi connectivity index (χ1n) is 9.93. The van der Waals surface area contributed by atoms with Gasteiger partial charge in [-0.2, -0.15) is 0 Å². The summed E-state index contributed by atoms with van der Waals surface area (Å²) in [4.78, 5) is 17.9. The number of carbonyl (C=O) groups excluding carboxylic acids is 1. The highest BCUT2D eigenvalue weighted by molar-refractivity contribution is 5.95. The molecule has 0 aliphatic carbocycles. The highest BCUT2D eigenvalue weighted by Gasteiger charge is 2.25. The van der Waals surface area contributed by atoms with Gasteiger partial charge in [-0.25, -0.2) is 4.39 Å². The molecule has 1 N–H and O–H groups in total.